The zero-order valence-corrected chi connectivity index (χ0v) is 11.3. The SMILES string of the molecule is Cn1nnnc1SCc1cc(=O)oc2cc(O)ccc12. The van der Waals surface area contributed by atoms with E-state index in [1.54, 1.807) is 23.9 Å². The second kappa shape index (κ2) is 4.97. The van der Waals surface area contributed by atoms with Gasteiger partial charge in [-0.2, -0.15) is 0 Å². The molecule has 3 rings (SSSR count). The maximum Gasteiger partial charge on any atom is 0.336 e. The lowest BCUT2D eigenvalue weighted by atomic mass is 10.1. The number of nitrogens with zero attached hydrogens (tertiary/aromatic N) is 4. The molecule has 0 radical (unpaired) electrons. The Kier molecular flexibility index (Phi) is 3.15. The molecule has 20 heavy (non-hydrogen) atoms. The molecule has 0 fully saturated rings. The first-order chi connectivity index (χ1) is 9.63. The molecule has 7 nitrogen and oxygen atoms in total. The van der Waals surface area contributed by atoms with Gasteiger partial charge in [-0.25, -0.2) is 9.48 Å². The van der Waals surface area contributed by atoms with Gasteiger partial charge in [0, 0.05) is 30.3 Å². The molecule has 0 unspecified atom stereocenters. The molecule has 8 heteroatoms. The molecule has 0 bridgehead atoms. The summed E-state index contributed by atoms with van der Waals surface area (Å²) in [7, 11) is 1.75. The number of rotatable bonds is 3. The molecule has 0 spiro atoms. The maximum atomic E-state index is 11.5. The van der Waals surface area contributed by atoms with E-state index in [9.17, 15) is 9.90 Å². The van der Waals surface area contributed by atoms with E-state index in [0.29, 0.717) is 16.5 Å². The smallest absolute Gasteiger partial charge is 0.336 e. The Labute approximate surface area is 117 Å². The summed E-state index contributed by atoms with van der Waals surface area (Å²) in [5.41, 5.74) is 0.725. The Morgan fingerprint density at radius 3 is 3.00 bits per heavy atom. The average Bonchev–Trinajstić information content (AvgIpc) is 2.80. The van der Waals surface area contributed by atoms with Crippen molar-refractivity contribution in [2.75, 3.05) is 0 Å². The quantitative estimate of drug-likeness (QED) is 0.574. The van der Waals surface area contributed by atoms with Crippen molar-refractivity contribution in [1.29, 1.82) is 0 Å². The molecule has 1 N–H and O–H groups in total. The van der Waals surface area contributed by atoms with Crippen molar-refractivity contribution in [2.45, 2.75) is 10.9 Å². The molecule has 0 aliphatic heterocycles. The monoisotopic (exact) mass is 290 g/mol. The van der Waals surface area contributed by atoms with E-state index in [0.717, 1.165) is 10.9 Å². The lowest BCUT2D eigenvalue weighted by Gasteiger charge is -2.04. The Morgan fingerprint density at radius 2 is 2.25 bits per heavy atom. The summed E-state index contributed by atoms with van der Waals surface area (Å²) >= 11 is 1.42. The third kappa shape index (κ3) is 2.37. The van der Waals surface area contributed by atoms with Crippen LogP contribution in [0.1, 0.15) is 5.56 Å². The number of hydrogen-bond donors (Lipinski definition) is 1. The van der Waals surface area contributed by atoms with Crippen molar-refractivity contribution in [3.05, 3.63) is 40.2 Å². The third-order valence-electron chi connectivity index (χ3n) is 2.75. The van der Waals surface area contributed by atoms with Crippen LogP contribution >= 0.6 is 11.8 Å². The molecule has 0 saturated heterocycles. The van der Waals surface area contributed by atoms with Crippen molar-refractivity contribution in [1.82, 2.24) is 20.2 Å². The van der Waals surface area contributed by atoms with Crippen LogP contribution in [0.4, 0.5) is 0 Å². The molecule has 2 aromatic heterocycles. The van der Waals surface area contributed by atoms with Crippen LogP contribution in [0.2, 0.25) is 0 Å². The van der Waals surface area contributed by atoms with Gasteiger partial charge in [-0.15, -0.1) is 5.10 Å². The largest absolute Gasteiger partial charge is 0.508 e. The van der Waals surface area contributed by atoms with E-state index in [1.165, 1.54) is 23.9 Å². The van der Waals surface area contributed by atoms with Crippen LogP contribution in [-0.4, -0.2) is 25.3 Å². The summed E-state index contributed by atoms with van der Waals surface area (Å²) in [6.45, 7) is 0. The molecule has 0 aliphatic carbocycles. The molecule has 0 saturated carbocycles. The van der Waals surface area contributed by atoms with Gasteiger partial charge >= 0.3 is 5.63 Å². The fourth-order valence-corrected chi connectivity index (χ4v) is 2.66. The predicted octanol–water partition coefficient (Wildman–Crippen LogP) is 1.31. The van der Waals surface area contributed by atoms with Gasteiger partial charge in [0.1, 0.15) is 11.3 Å². The van der Waals surface area contributed by atoms with E-state index in [2.05, 4.69) is 15.5 Å². The number of hydrogen-bond acceptors (Lipinski definition) is 7. The second-order valence-corrected chi connectivity index (χ2v) is 5.09. The minimum atomic E-state index is -0.449. The molecule has 102 valence electrons. The minimum absolute atomic E-state index is 0.0583. The highest BCUT2D eigenvalue weighted by Gasteiger charge is 2.09. The molecule has 0 aliphatic rings. The fourth-order valence-electron chi connectivity index (χ4n) is 1.82. The van der Waals surface area contributed by atoms with Gasteiger partial charge in [0.25, 0.3) is 0 Å². The van der Waals surface area contributed by atoms with Crippen molar-refractivity contribution in [2.24, 2.45) is 7.05 Å². The highest BCUT2D eigenvalue weighted by atomic mass is 32.2. The Morgan fingerprint density at radius 1 is 1.40 bits per heavy atom. The van der Waals surface area contributed by atoms with Crippen LogP contribution in [0.15, 0.2) is 38.6 Å². The van der Waals surface area contributed by atoms with Crippen LogP contribution in [0.3, 0.4) is 0 Å². The molecular formula is C12H10N4O3S. The van der Waals surface area contributed by atoms with E-state index in [-0.39, 0.29) is 5.75 Å². The summed E-state index contributed by atoms with van der Waals surface area (Å²) in [6, 6.07) is 6.14. The summed E-state index contributed by atoms with van der Waals surface area (Å²) in [6.07, 6.45) is 0. The topological polar surface area (TPSA) is 94.0 Å². The van der Waals surface area contributed by atoms with Crippen molar-refractivity contribution < 1.29 is 9.52 Å². The first kappa shape index (κ1) is 12.7. The van der Waals surface area contributed by atoms with Crippen LogP contribution in [0.25, 0.3) is 11.0 Å². The number of phenols is 1. The molecule has 2 heterocycles. The average molecular weight is 290 g/mol. The van der Waals surface area contributed by atoms with Gasteiger partial charge in [-0.05, 0) is 28.1 Å². The Hall–Kier alpha value is -2.35. The van der Waals surface area contributed by atoms with Gasteiger partial charge in [0.05, 0.1) is 0 Å². The summed E-state index contributed by atoms with van der Waals surface area (Å²) < 4.78 is 6.63. The maximum absolute atomic E-state index is 11.5. The number of fused-ring (bicyclic) bond motifs is 1. The molecular weight excluding hydrogens is 280 g/mol. The first-order valence-electron chi connectivity index (χ1n) is 5.74. The van der Waals surface area contributed by atoms with E-state index in [4.69, 9.17) is 4.42 Å². The normalized spacial score (nSPS) is 11.1. The second-order valence-electron chi connectivity index (χ2n) is 4.14. The van der Waals surface area contributed by atoms with Crippen LogP contribution < -0.4 is 5.63 Å². The summed E-state index contributed by atoms with van der Waals surface area (Å²) in [5, 5.41) is 22.0. The number of aromatic nitrogens is 4. The molecule has 1 aromatic carbocycles. The number of benzene rings is 1. The lowest BCUT2D eigenvalue weighted by molar-refractivity contribution is 0.473. The zero-order chi connectivity index (χ0) is 14.1. The highest BCUT2D eigenvalue weighted by Crippen LogP contribution is 2.26. The molecule has 3 aromatic rings. The summed E-state index contributed by atoms with van der Waals surface area (Å²) in [5.74, 6) is 0.587. The number of phenolic OH excluding ortho intramolecular Hbond substituents is 1. The number of thioether (sulfide) groups is 1. The van der Waals surface area contributed by atoms with Crippen molar-refractivity contribution >= 4 is 22.7 Å². The van der Waals surface area contributed by atoms with Crippen LogP contribution in [0.5, 0.6) is 5.75 Å². The van der Waals surface area contributed by atoms with Crippen LogP contribution in [0, 0.1) is 0 Å². The van der Waals surface area contributed by atoms with Gasteiger partial charge in [0.2, 0.25) is 5.16 Å². The van der Waals surface area contributed by atoms with Crippen LogP contribution in [-0.2, 0) is 12.8 Å². The molecule has 0 amide bonds. The lowest BCUT2D eigenvalue weighted by Crippen LogP contribution is -2.00. The van der Waals surface area contributed by atoms with E-state index < -0.39 is 5.63 Å². The number of aryl methyl sites for hydroxylation is 1. The summed E-state index contributed by atoms with van der Waals surface area (Å²) in [4.78, 5) is 11.5. The minimum Gasteiger partial charge on any atom is -0.508 e. The van der Waals surface area contributed by atoms with E-state index >= 15 is 0 Å². The molecule has 0 atom stereocenters. The predicted molar refractivity (Wildman–Crippen MR) is 72.5 cm³/mol. The highest BCUT2D eigenvalue weighted by molar-refractivity contribution is 7.98. The number of tetrazole rings is 1. The zero-order valence-electron chi connectivity index (χ0n) is 10.5. The van der Waals surface area contributed by atoms with E-state index in [1.807, 2.05) is 0 Å². The van der Waals surface area contributed by atoms with Crippen molar-refractivity contribution in [3.8, 4) is 5.75 Å². The van der Waals surface area contributed by atoms with Gasteiger partial charge in [-0.1, -0.05) is 11.8 Å². The number of aromatic hydroxyl groups is 1. The van der Waals surface area contributed by atoms with Gasteiger partial charge < -0.3 is 9.52 Å². The standard InChI is InChI=1S/C12H10N4O3S/c1-16-12(13-14-15-16)20-6-7-4-11(18)19-10-5-8(17)2-3-9(7)10/h2-5,17H,6H2,1H3. The fraction of sp³-hybridized carbons (Fsp3) is 0.167. The van der Waals surface area contributed by atoms with Crippen molar-refractivity contribution in [3.63, 3.8) is 0 Å². The Balaban J connectivity index is 1.98. The van der Waals surface area contributed by atoms with Gasteiger partial charge in [-0.3, -0.25) is 0 Å². The Bertz CT molecular complexity index is 827. The first-order valence-corrected chi connectivity index (χ1v) is 6.73. The van der Waals surface area contributed by atoms with Gasteiger partial charge in [0.15, 0.2) is 0 Å². The third-order valence-corrected chi connectivity index (χ3v) is 3.81.